The summed E-state index contributed by atoms with van der Waals surface area (Å²) in [4.78, 5) is 2.45. The lowest BCUT2D eigenvalue weighted by atomic mass is 10.1. The summed E-state index contributed by atoms with van der Waals surface area (Å²) in [6.07, 6.45) is 0. The van der Waals surface area contributed by atoms with E-state index in [0.717, 1.165) is 36.7 Å². The Morgan fingerprint density at radius 2 is 2.05 bits per heavy atom. The second-order valence-electron chi connectivity index (χ2n) is 5.50. The van der Waals surface area contributed by atoms with E-state index >= 15 is 0 Å². The van der Waals surface area contributed by atoms with Crippen LogP contribution in [0.25, 0.3) is 11.3 Å². The largest absolute Gasteiger partial charge is 0.356 e. The number of aromatic nitrogens is 1. The molecule has 1 aromatic heterocycles. The van der Waals surface area contributed by atoms with Gasteiger partial charge in [-0.3, -0.25) is 4.90 Å². The van der Waals surface area contributed by atoms with Gasteiger partial charge in [-0.05, 0) is 13.8 Å². The van der Waals surface area contributed by atoms with E-state index in [2.05, 4.69) is 35.3 Å². The lowest BCUT2D eigenvalue weighted by Crippen LogP contribution is -2.54. The first-order valence-electron chi connectivity index (χ1n) is 7.22. The quantitative estimate of drug-likeness (QED) is 0.946. The van der Waals surface area contributed by atoms with E-state index in [1.165, 1.54) is 0 Å². The molecule has 0 aliphatic carbocycles. The number of rotatable bonds is 3. The topological polar surface area (TPSA) is 41.3 Å². The van der Waals surface area contributed by atoms with Crippen molar-refractivity contribution in [3.05, 3.63) is 42.1 Å². The first-order chi connectivity index (χ1) is 9.74. The van der Waals surface area contributed by atoms with Crippen LogP contribution in [0.2, 0.25) is 0 Å². The molecular weight excluding hydrogens is 286 g/mol. The molecule has 0 saturated carbocycles. The molecule has 1 aliphatic heterocycles. The minimum absolute atomic E-state index is 0. The average Bonchev–Trinajstić information content (AvgIpc) is 2.93. The van der Waals surface area contributed by atoms with Gasteiger partial charge in [0, 0.05) is 43.3 Å². The monoisotopic (exact) mass is 307 g/mol. The van der Waals surface area contributed by atoms with Crippen molar-refractivity contribution in [2.24, 2.45) is 0 Å². The van der Waals surface area contributed by atoms with Gasteiger partial charge in [0.25, 0.3) is 0 Å². The number of hydrogen-bond donors (Lipinski definition) is 1. The van der Waals surface area contributed by atoms with Gasteiger partial charge in [0.15, 0.2) is 5.76 Å². The van der Waals surface area contributed by atoms with Crippen molar-refractivity contribution in [3.63, 3.8) is 0 Å². The van der Waals surface area contributed by atoms with Crippen molar-refractivity contribution in [2.75, 3.05) is 13.1 Å². The summed E-state index contributed by atoms with van der Waals surface area (Å²) < 4.78 is 5.46. The summed E-state index contributed by atoms with van der Waals surface area (Å²) in [7, 11) is 0. The predicted molar refractivity (Wildman–Crippen MR) is 86.5 cm³/mol. The summed E-state index contributed by atoms with van der Waals surface area (Å²) in [6.45, 7) is 7.43. The molecule has 1 N–H and O–H groups in total. The van der Waals surface area contributed by atoms with E-state index in [9.17, 15) is 0 Å². The molecule has 0 radical (unpaired) electrons. The molecule has 5 heteroatoms. The van der Waals surface area contributed by atoms with E-state index in [4.69, 9.17) is 4.52 Å². The zero-order valence-corrected chi connectivity index (χ0v) is 13.3. The Morgan fingerprint density at radius 3 is 2.81 bits per heavy atom. The molecule has 1 aliphatic rings. The summed E-state index contributed by atoms with van der Waals surface area (Å²) >= 11 is 0. The highest BCUT2D eigenvalue weighted by Gasteiger charge is 2.24. The van der Waals surface area contributed by atoms with Crippen molar-refractivity contribution in [2.45, 2.75) is 32.5 Å². The zero-order chi connectivity index (χ0) is 13.9. The Labute approximate surface area is 131 Å². The van der Waals surface area contributed by atoms with Crippen molar-refractivity contribution in [3.8, 4) is 11.3 Å². The fourth-order valence-corrected chi connectivity index (χ4v) is 2.68. The summed E-state index contributed by atoms with van der Waals surface area (Å²) in [5.74, 6) is 0.844. The van der Waals surface area contributed by atoms with Crippen LogP contribution in [0.5, 0.6) is 0 Å². The van der Waals surface area contributed by atoms with E-state index in [0.29, 0.717) is 12.1 Å². The molecule has 1 saturated heterocycles. The summed E-state index contributed by atoms with van der Waals surface area (Å²) in [5.41, 5.74) is 2.08. The predicted octanol–water partition coefficient (Wildman–Crippen LogP) is 2.95. The van der Waals surface area contributed by atoms with Gasteiger partial charge in [-0.1, -0.05) is 35.5 Å². The van der Waals surface area contributed by atoms with E-state index in [1.54, 1.807) is 0 Å². The van der Waals surface area contributed by atoms with Crippen molar-refractivity contribution in [1.29, 1.82) is 0 Å². The number of hydrogen-bond acceptors (Lipinski definition) is 4. The minimum atomic E-state index is 0. The highest BCUT2D eigenvalue weighted by atomic mass is 35.5. The second-order valence-corrected chi connectivity index (χ2v) is 5.50. The third-order valence-corrected chi connectivity index (χ3v) is 4.15. The molecule has 21 heavy (non-hydrogen) atoms. The Bertz CT molecular complexity index is 558. The number of nitrogens with one attached hydrogen (secondary N) is 1. The molecule has 3 rings (SSSR count). The average molecular weight is 308 g/mol. The van der Waals surface area contributed by atoms with E-state index < -0.39 is 0 Å². The normalized spacial score (nSPS) is 22.8. The fourth-order valence-electron chi connectivity index (χ4n) is 2.68. The maximum Gasteiger partial charge on any atom is 0.167 e. The lowest BCUT2D eigenvalue weighted by molar-refractivity contribution is 0.128. The first-order valence-corrected chi connectivity index (χ1v) is 7.22. The molecule has 0 spiro atoms. The van der Waals surface area contributed by atoms with Crippen LogP contribution < -0.4 is 5.32 Å². The van der Waals surface area contributed by atoms with Gasteiger partial charge >= 0.3 is 0 Å². The Hall–Kier alpha value is -1.36. The van der Waals surface area contributed by atoms with Gasteiger partial charge in [-0.25, -0.2) is 0 Å². The van der Waals surface area contributed by atoms with E-state index in [-0.39, 0.29) is 12.4 Å². The van der Waals surface area contributed by atoms with Crippen LogP contribution in [0, 0.1) is 0 Å². The number of piperazine rings is 1. The van der Waals surface area contributed by atoms with Crippen LogP contribution in [0.4, 0.5) is 0 Å². The Morgan fingerprint density at radius 1 is 1.29 bits per heavy atom. The van der Waals surface area contributed by atoms with Gasteiger partial charge < -0.3 is 9.84 Å². The van der Waals surface area contributed by atoms with Crippen LogP contribution in [0.3, 0.4) is 0 Å². The molecule has 2 heterocycles. The second kappa shape index (κ2) is 7.07. The van der Waals surface area contributed by atoms with Gasteiger partial charge in [-0.2, -0.15) is 0 Å². The van der Waals surface area contributed by atoms with E-state index in [1.807, 2.05) is 30.3 Å². The SMILES string of the molecule is CC1NCCN(Cc2cc(-c3ccccc3)on2)C1C.Cl. The molecule has 2 atom stereocenters. The maximum absolute atomic E-state index is 5.46. The molecule has 2 aromatic rings. The minimum Gasteiger partial charge on any atom is -0.356 e. The first kappa shape index (κ1) is 16.0. The van der Waals surface area contributed by atoms with Crippen molar-refractivity contribution < 1.29 is 4.52 Å². The molecular formula is C16H22ClN3O. The molecule has 0 amide bonds. The number of halogens is 1. The number of benzene rings is 1. The Balaban J connectivity index is 0.00000161. The third-order valence-electron chi connectivity index (χ3n) is 4.15. The fraction of sp³-hybridized carbons (Fsp3) is 0.438. The smallest absolute Gasteiger partial charge is 0.167 e. The molecule has 1 fully saturated rings. The summed E-state index contributed by atoms with van der Waals surface area (Å²) in [6, 6.07) is 13.2. The summed E-state index contributed by atoms with van der Waals surface area (Å²) in [5, 5.41) is 7.70. The van der Waals surface area contributed by atoms with Crippen LogP contribution in [0.1, 0.15) is 19.5 Å². The molecule has 2 unspecified atom stereocenters. The lowest BCUT2D eigenvalue weighted by Gasteiger charge is -2.38. The van der Waals surface area contributed by atoms with Crippen molar-refractivity contribution >= 4 is 12.4 Å². The van der Waals surface area contributed by atoms with Crippen LogP contribution in [0.15, 0.2) is 40.9 Å². The van der Waals surface area contributed by atoms with Crippen molar-refractivity contribution in [1.82, 2.24) is 15.4 Å². The highest BCUT2D eigenvalue weighted by Crippen LogP contribution is 2.21. The maximum atomic E-state index is 5.46. The van der Waals surface area contributed by atoms with Crippen LogP contribution in [-0.4, -0.2) is 35.2 Å². The van der Waals surface area contributed by atoms with Gasteiger partial charge in [0.05, 0.1) is 5.69 Å². The Kier molecular flexibility index (Phi) is 5.39. The molecule has 4 nitrogen and oxygen atoms in total. The third kappa shape index (κ3) is 3.64. The number of nitrogens with zero attached hydrogens (tertiary/aromatic N) is 2. The van der Waals surface area contributed by atoms with Crippen LogP contribution >= 0.6 is 12.4 Å². The molecule has 0 bridgehead atoms. The molecule has 114 valence electrons. The van der Waals surface area contributed by atoms with Gasteiger partial charge in [-0.15, -0.1) is 12.4 Å². The van der Waals surface area contributed by atoms with Gasteiger partial charge in [0.2, 0.25) is 0 Å². The molecule has 1 aromatic carbocycles. The van der Waals surface area contributed by atoms with Gasteiger partial charge in [0.1, 0.15) is 0 Å². The van der Waals surface area contributed by atoms with Crippen LogP contribution in [-0.2, 0) is 6.54 Å². The standard InChI is InChI=1S/C16H21N3O.ClH/c1-12-13(2)19(9-8-17-12)11-15-10-16(20-18-15)14-6-4-3-5-7-14;/h3-7,10,12-13,17H,8-9,11H2,1-2H3;1H. The zero-order valence-electron chi connectivity index (χ0n) is 12.5. The highest BCUT2D eigenvalue weighted by molar-refractivity contribution is 5.85.